The molecule has 0 aliphatic heterocycles. The van der Waals surface area contributed by atoms with Crippen molar-refractivity contribution in [2.75, 3.05) is 14.1 Å². The van der Waals surface area contributed by atoms with Crippen LogP contribution in [0.3, 0.4) is 0 Å². The number of rotatable bonds is 5. The Bertz CT molecular complexity index is 564. The van der Waals surface area contributed by atoms with Gasteiger partial charge in [0.25, 0.3) is 0 Å². The molecule has 4 heteroatoms. The number of carbonyl (C=O) groups excluding carboxylic acids is 1. The molecule has 1 aromatic heterocycles. The molecule has 1 N–H and O–H groups in total. The van der Waals surface area contributed by atoms with Crippen molar-refractivity contribution in [2.24, 2.45) is 0 Å². The molecule has 106 valence electrons. The third-order valence-electron chi connectivity index (χ3n) is 3.45. The summed E-state index contributed by atoms with van der Waals surface area (Å²) in [4.78, 5) is 13.6. The molecule has 20 heavy (non-hydrogen) atoms. The van der Waals surface area contributed by atoms with Crippen LogP contribution in [0.5, 0.6) is 0 Å². The summed E-state index contributed by atoms with van der Waals surface area (Å²) < 4.78 is 5.40. The molecule has 0 fully saturated rings. The first-order valence-corrected chi connectivity index (χ1v) is 6.66. The van der Waals surface area contributed by atoms with Gasteiger partial charge in [-0.25, -0.2) is 0 Å². The molecule has 0 spiro atoms. The van der Waals surface area contributed by atoms with E-state index in [1.807, 2.05) is 43.1 Å². The van der Waals surface area contributed by atoms with E-state index in [9.17, 15) is 4.79 Å². The molecule has 1 atom stereocenters. The van der Waals surface area contributed by atoms with Gasteiger partial charge < -0.3 is 9.73 Å². The van der Waals surface area contributed by atoms with E-state index >= 15 is 0 Å². The van der Waals surface area contributed by atoms with Gasteiger partial charge in [-0.1, -0.05) is 18.2 Å². The van der Waals surface area contributed by atoms with Gasteiger partial charge in [0.1, 0.15) is 5.76 Å². The van der Waals surface area contributed by atoms with Gasteiger partial charge in [0.05, 0.1) is 12.3 Å². The van der Waals surface area contributed by atoms with Crippen molar-refractivity contribution in [3.8, 4) is 11.3 Å². The highest BCUT2D eigenvalue weighted by atomic mass is 16.3. The fourth-order valence-electron chi connectivity index (χ4n) is 2.10. The summed E-state index contributed by atoms with van der Waals surface area (Å²) in [6.07, 6.45) is 1.67. The minimum absolute atomic E-state index is 0.0229. The van der Waals surface area contributed by atoms with Gasteiger partial charge in [-0.05, 0) is 37.7 Å². The zero-order valence-corrected chi connectivity index (χ0v) is 12.1. The second-order valence-electron chi connectivity index (χ2n) is 4.88. The van der Waals surface area contributed by atoms with Crippen LogP contribution in [0.15, 0.2) is 47.1 Å². The van der Waals surface area contributed by atoms with Crippen molar-refractivity contribution >= 4 is 5.91 Å². The van der Waals surface area contributed by atoms with Gasteiger partial charge in [-0.15, -0.1) is 0 Å². The van der Waals surface area contributed by atoms with Crippen LogP contribution >= 0.6 is 0 Å². The first-order chi connectivity index (χ1) is 9.61. The average Bonchev–Trinajstić information content (AvgIpc) is 3.00. The molecule has 0 bridgehead atoms. The molecular formula is C16H20N2O2. The normalized spacial score (nSPS) is 12.4. The van der Waals surface area contributed by atoms with E-state index in [0.717, 1.165) is 16.9 Å². The monoisotopic (exact) mass is 272 g/mol. The molecule has 0 aliphatic carbocycles. The third-order valence-corrected chi connectivity index (χ3v) is 3.45. The number of hydrogen-bond acceptors (Lipinski definition) is 3. The van der Waals surface area contributed by atoms with Gasteiger partial charge in [0.15, 0.2) is 0 Å². The number of carbonyl (C=O) groups is 1. The van der Waals surface area contributed by atoms with E-state index in [4.69, 9.17) is 4.42 Å². The Morgan fingerprint density at radius 1 is 1.35 bits per heavy atom. The van der Waals surface area contributed by atoms with Crippen LogP contribution < -0.4 is 5.32 Å². The molecule has 1 amide bonds. The molecule has 0 saturated heterocycles. The van der Waals surface area contributed by atoms with Crippen molar-refractivity contribution in [1.82, 2.24) is 10.2 Å². The molecule has 2 rings (SSSR count). The number of nitrogens with one attached hydrogen (secondary N) is 1. The molecule has 0 saturated carbocycles. The van der Waals surface area contributed by atoms with Gasteiger partial charge in [0, 0.05) is 19.2 Å². The Morgan fingerprint density at radius 2 is 2.15 bits per heavy atom. The second-order valence-corrected chi connectivity index (χ2v) is 4.88. The molecule has 0 aliphatic rings. The summed E-state index contributed by atoms with van der Waals surface area (Å²) in [6.45, 7) is 2.61. The molecule has 1 unspecified atom stereocenters. The number of furan rings is 1. The maximum atomic E-state index is 11.6. The van der Waals surface area contributed by atoms with E-state index in [0.29, 0.717) is 6.54 Å². The second kappa shape index (κ2) is 6.39. The van der Waals surface area contributed by atoms with Crippen molar-refractivity contribution in [3.63, 3.8) is 0 Å². The van der Waals surface area contributed by atoms with Crippen LogP contribution in [0.4, 0.5) is 0 Å². The van der Waals surface area contributed by atoms with Crippen LogP contribution in [0.1, 0.15) is 12.5 Å². The predicted octanol–water partition coefficient (Wildman–Crippen LogP) is 2.51. The third kappa shape index (κ3) is 3.27. The van der Waals surface area contributed by atoms with Crippen molar-refractivity contribution in [1.29, 1.82) is 0 Å². The van der Waals surface area contributed by atoms with Crippen LogP contribution in [0.25, 0.3) is 11.3 Å². The van der Waals surface area contributed by atoms with Crippen molar-refractivity contribution in [2.45, 2.75) is 19.5 Å². The maximum absolute atomic E-state index is 11.6. The SMILES string of the molecule is CNC(=O)C(C)N(C)Cc1cccc(-c2ccco2)c1. The van der Waals surface area contributed by atoms with E-state index in [-0.39, 0.29) is 11.9 Å². The minimum atomic E-state index is -0.160. The molecule has 1 heterocycles. The molecule has 2 aromatic rings. The highest BCUT2D eigenvalue weighted by Gasteiger charge is 2.16. The standard InChI is InChI=1S/C16H20N2O2/c1-12(16(19)17-2)18(3)11-13-6-4-7-14(10-13)15-8-5-9-20-15/h4-10,12H,11H2,1-3H3,(H,17,19). The number of hydrogen-bond donors (Lipinski definition) is 1. The highest BCUT2D eigenvalue weighted by molar-refractivity contribution is 5.80. The van der Waals surface area contributed by atoms with Crippen LogP contribution in [-0.2, 0) is 11.3 Å². The molecule has 4 nitrogen and oxygen atoms in total. The molecule has 1 aromatic carbocycles. The highest BCUT2D eigenvalue weighted by Crippen LogP contribution is 2.21. The summed E-state index contributed by atoms with van der Waals surface area (Å²) in [7, 11) is 3.60. The lowest BCUT2D eigenvalue weighted by Crippen LogP contribution is -2.41. The summed E-state index contributed by atoms with van der Waals surface area (Å²) in [5, 5.41) is 2.67. The van der Waals surface area contributed by atoms with Crippen LogP contribution in [0.2, 0.25) is 0 Å². The van der Waals surface area contributed by atoms with Gasteiger partial charge >= 0.3 is 0 Å². The zero-order chi connectivity index (χ0) is 14.5. The largest absolute Gasteiger partial charge is 0.464 e. The first-order valence-electron chi connectivity index (χ1n) is 6.66. The Morgan fingerprint density at radius 3 is 2.80 bits per heavy atom. The Kier molecular flexibility index (Phi) is 4.58. The van der Waals surface area contributed by atoms with Gasteiger partial charge in [0.2, 0.25) is 5.91 Å². The topological polar surface area (TPSA) is 45.5 Å². The van der Waals surface area contributed by atoms with E-state index in [2.05, 4.69) is 17.4 Å². The van der Waals surface area contributed by atoms with Crippen LogP contribution in [0, 0.1) is 0 Å². The quantitative estimate of drug-likeness (QED) is 0.909. The maximum Gasteiger partial charge on any atom is 0.236 e. The lowest BCUT2D eigenvalue weighted by molar-refractivity contribution is -0.125. The number of benzene rings is 1. The fraction of sp³-hybridized carbons (Fsp3) is 0.312. The Balaban J connectivity index is 2.10. The fourth-order valence-corrected chi connectivity index (χ4v) is 2.10. The number of amides is 1. The number of likely N-dealkylation sites (N-methyl/N-ethyl adjacent to an activating group) is 2. The van der Waals surface area contributed by atoms with Crippen LogP contribution in [-0.4, -0.2) is 30.9 Å². The number of nitrogens with zero attached hydrogens (tertiary/aromatic N) is 1. The summed E-state index contributed by atoms with van der Waals surface area (Å²) in [5.41, 5.74) is 2.20. The smallest absolute Gasteiger partial charge is 0.236 e. The van der Waals surface area contributed by atoms with E-state index < -0.39 is 0 Å². The van der Waals surface area contributed by atoms with Crippen molar-refractivity contribution in [3.05, 3.63) is 48.2 Å². The van der Waals surface area contributed by atoms with Crippen molar-refractivity contribution < 1.29 is 9.21 Å². The van der Waals surface area contributed by atoms with Gasteiger partial charge in [-0.3, -0.25) is 9.69 Å². The first kappa shape index (κ1) is 14.3. The molecular weight excluding hydrogens is 252 g/mol. The molecule has 0 radical (unpaired) electrons. The zero-order valence-electron chi connectivity index (χ0n) is 12.1. The van der Waals surface area contributed by atoms with E-state index in [1.165, 1.54) is 0 Å². The Labute approximate surface area is 119 Å². The lowest BCUT2D eigenvalue weighted by atomic mass is 10.1. The average molecular weight is 272 g/mol. The van der Waals surface area contributed by atoms with Gasteiger partial charge in [-0.2, -0.15) is 0 Å². The van der Waals surface area contributed by atoms with E-state index in [1.54, 1.807) is 13.3 Å². The predicted molar refractivity (Wildman–Crippen MR) is 79.1 cm³/mol. The summed E-state index contributed by atoms with van der Waals surface area (Å²) in [5.74, 6) is 0.878. The minimum Gasteiger partial charge on any atom is -0.464 e. The summed E-state index contributed by atoms with van der Waals surface area (Å²) in [6, 6.07) is 11.8. The summed E-state index contributed by atoms with van der Waals surface area (Å²) >= 11 is 0. The lowest BCUT2D eigenvalue weighted by Gasteiger charge is -2.23. The Hall–Kier alpha value is -2.07.